The molecule has 0 atom stereocenters. The first-order valence-corrected chi connectivity index (χ1v) is 15.2. The normalized spacial score (nSPS) is 14.1. The summed E-state index contributed by atoms with van der Waals surface area (Å²) in [5.74, 6) is -22.1. The maximum absolute atomic E-state index is 15.5. The number of aromatic nitrogens is 3. The Kier molecular flexibility index (Phi) is 7.48. The fraction of sp³-hybridized carbons (Fsp3) is 0.0270. The van der Waals surface area contributed by atoms with Crippen molar-refractivity contribution in [3.8, 4) is 17.1 Å². The largest absolute Gasteiger partial charge is 0.508 e. The number of hydrogen-bond donors (Lipinski definition) is 5. The Balaban J connectivity index is 1.49. The summed E-state index contributed by atoms with van der Waals surface area (Å²) in [4.78, 5) is 8.69. The Bertz CT molecular complexity index is 2660. The average Bonchev–Trinajstić information content (AvgIpc) is 3.97. The lowest BCUT2D eigenvalue weighted by Crippen LogP contribution is -2.22. The van der Waals surface area contributed by atoms with Crippen LogP contribution >= 0.6 is 0 Å². The third-order valence-corrected chi connectivity index (χ3v) is 8.85. The van der Waals surface area contributed by atoms with E-state index < -0.39 is 80.4 Å². The fourth-order valence-corrected chi connectivity index (χ4v) is 6.51. The molecule has 0 spiro atoms. The second-order valence-corrected chi connectivity index (χ2v) is 11.8. The number of aromatic hydroxyl groups is 1. The standard InChI is InChI=1S/C37H18F10N4O/c38-28-26(29(39)33(43)36(46)32(28)42)24-19-6-4-15(48-19)16-5-7-20(49-16)25(27-30(40)34(44)37(47)35(45)31(27)41)22-11-9-18(51-22)23(17-8-10-21(24)50-17)13-2-1-3-14(52)12-13/h1-10,12,48-52H,11H2. The highest BCUT2D eigenvalue weighted by atomic mass is 19.2. The van der Waals surface area contributed by atoms with E-state index in [1.54, 1.807) is 6.07 Å². The predicted molar refractivity (Wildman–Crippen MR) is 167 cm³/mol. The number of H-pyrrole nitrogens is 3. The number of phenolic OH excluding ortho intramolecular Hbond substituents is 1. The van der Waals surface area contributed by atoms with Gasteiger partial charge in [0, 0.05) is 56.6 Å². The molecule has 0 fully saturated rings. The summed E-state index contributed by atoms with van der Waals surface area (Å²) in [7, 11) is 0. The molecule has 0 unspecified atom stereocenters. The van der Waals surface area contributed by atoms with Gasteiger partial charge in [0.25, 0.3) is 0 Å². The summed E-state index contributed by atoms with van der Waals surface area (Å²) in [6, 6.07) is 13.8. The van der Waals surface area contributed by atoms with Gasteiger partial charge in [0.15, 0.2) is 46.5 Å². The van der Waals surface area contributed by atoms with E-state index in [1.165, 1.54) is 60.7 Å². The highest BCUT2D eigenvalue weighted by molar-refractivity contribution is 5.87. The van der Waals surface area contributed by atoms with Gasteiger partial charge in [-0.1, -0.05) is 18.2 Å². The molecule has 2 aliphatic heterocycles. The summed E-state index contributed by atoms with van der Waals surface area (Å²) < 4.78 is 149. The van der Waals surface area contributed by atoms with Gasteiger partial charge in [0.2, 0.25) is 11.6 Å². The molecule has 8 rings (SSSR count). The van der Waals surface area contributed by atoms with Crippen LogP contribution in [-0.2, 0) is 0 Å². The number of nitrogens with one attached hydrogen (secondary N) is 4. The van der Waals surface area contributed by atoms with Crippen molar-refractivity contribution in [2.24, 2.45) is 0 Å². The minimum atomic E-state index is -2.36. The zero-order valence-corrected chi connectivity index (χ0v) is 25.8. The molecule has 8 bridgehead atoms. The van der Waals surface area contributed by atoms with Crippen molar-refractivity contribution >= 4 is 16.7 Å². The molecule has 5 nitrogen and oxygen atoms in total. The van der Waals surface area contributed by atoms with E-state index in [2.05, 4.69) is 20.3 Å². The van der Waals surface area contributed by atoms with Crippen LogP contribution in [-0.4, -0.2) is 20.1 Å². The van der Waals surface area contributed by atoms with E-state index >= 15 is 17.6 Å². The first kappa shape index (κ1) is 32.8. The Morgan fingerprint density at radius 2 is 0.923 bits per heavy atom. The summed E-state index contributed by atoms with van der Waals surface area (Å²) in [5.41, 5.74) is -2.68. The van der Waals surface area contributed by atoms with Gasteiger partial charge in [0.1, 0.15) is 5.75 Å². The molecule has 0 saturated heterocycles. The van der Waals surface area contributed by atoms with Crippen LogP contribution in [0.4, 0.5) is 43.9 Å². The SMILES string of the molecule is Oc1cccc(C2=c3ccc([nH]3)=C(c3c(F)c(F)c(F)c(F)c3F)c3ccc([nH]3)-c3ccc([nH]3)C(c3c(F)c(F)c(F)c(F)c3F)=C3CC=C2N3)c1. The second kappa shape index (κ2) is 11.9. The maximum atomic E-state index is 15.5. The molecule has 52 heavy (non-hydrogen) atoms. The van der Waals surface area contributed by atoms with Crippen molar-refractivity contribution in [1.82, 2.24) is 20.3 Å². The van der Waals surface area contributed by atoms with Crippen molar-refractivity contribution < 1.29 is 49.0 Å². The molecular weight excluding hydrogens is 706 g/mol. The van der Waals surface area contributed by atoms with Gasteiger partial charge in [-0.2, -0.15) is 0 Å². The Morgan fingerprint density at radius 3 is 1.46 bits per heavy atom. The first-order valence-electron chi connectivity index (χ1n) is 15.2. The molecule has 3 aromatic heterocycles. The van der Waals surface area contributed by atoms with Gasteiger partial charge in [-0.3, -0.25) is 0 Å². The highest BCUT2D eigenvalue weighted by Crippen LogP contribution is 2.39. The summed E-state index contributed by atoms with van der Waals surface area (Å²) in [5, 5.41) is 13.4. The number of aromatic amines is 3. The topological polar surface area (TPSA) is 79.6 Å². The van der Waals surface area contributed by atoms with Crippen LogP contribution in [0.3, 0.4) is 0 Å². The van der Waals surface area contributed by atoms with Crippen molar-refractivity contribution in [2.45, 2.75) is 6.42 Å². The van der Waals surface area contributed by atoms with Crippen LogP contribution in [0.5, 0.6) is 5.75 Å². The highest BCUT2D eigenvalue weighted by Gasteiger charge is 2.33. The van der Waals surface area contributed by atoms with E-state index in [1.807, 2.05) is 0 Å². The Labute approximate surface area is 284 Å². The number of hydrogen-bond acceptors (Lipinski definition) is 2. The minimum Gasteiger partial charge on any atom is -0.508 e. The van der Waals surface area contributed by atoms with Crippen LogP contribution < -0.4 is 16.0 Å². The Hall–Kier alpha value is -6.38. The molecule has 0 saturated carbocycles. The number of fused-ring (bicyclic) bond motifs is 9. The Morgan fingerprint density at radius 1 is 0.462 bits per heavy atom. The molecule has 3 aromatic carbocycles. The van der Waals surface area contributed by atoms with E-state index in [0.717, 1.165) is 0 Å². The van der Waals surface area contributed by atoms with Crippen LogP contribution in [0.2, 0.25) is 0 Å². The van der Waals surface area contributed by atoms with E-state index in [0.29, 0.717) is 5.56 Å². The van der Waals surface area contributed by atoms with Crippen LogP contribution in [0.25, 0.3) is 28.1 Å². The summed E-state index contributed by atoms with van der Waals surface area (Å²) in [6.45, 7) is 0. The molecule has 0 aliphatic carbocycles. The molecule has 6 aromatic rings. The number of phenols is 1. The third kappa shape index (κ3) is 4.86. The lowest BCUT2D eigenvalue weighted by molar-refractivity contribution is 0.376. The molecule has 0 amide bonds. The minimum absolute atomic E-state index is 0.00764. The van der Waals surface area contributed by atoms with Crippen molar-refractivity contribution in [3.05, 3.63) is 175 Å². The average molecular weight is 725 g/mol. The van der Waals surface area contributed by atoms with E-state index in [-0.39, 0.29) is 62.6 Å². The van der Waals surface area contributed by atoms with Gasteiger partial charge in [-0.25, -0.2) is 43.9 Å². The lowest BCUT2D eigenvalue weighted by atomic mass is 9.97. The first-order chi connectivity index (χ1) is 24.8. The van der Waals surface area contributed by atoms with Gasteiger partial charge in [-0.05, 0) is 54.1 Å². The quantitative estimate of drug-likeness (QED) is 0.0744. The van der Waals surface area contributed by atoms with E-state index in [9.17, 15) is 31.4 Å². The second-order valence-electron chi connectivity index (χ2n) is 11.8. The molecule has 262 valence electrons. The number of benzene rings is 3. The number of rotatable bonds is 3. The summed E-state index contributed by atoms with van der Waals surface area (Å²) in [6.07, 6.45) is 1.38. The fourth-order valence-electron chi connectivity index (χ4n) is 6.51. The zero-order valence-electron chi connectivity index (χ0n) is 25.8. The maximum Gasteiger partial charge on any atom is 0.200 e. The molecule has 5 heterocycles. The monoisotopic (exact) mass is 724 g/mol. The summed E-state index contributed by atoms with van der Waals surface area (Å²) >= 11 is 0. The van der Waals surface area contributed by atoms with Crippen molar-refractivity contribution in [2.75, 3.05) is 0 Å². The number of halogens is 10. The number of allylic oxidation sites excluding steroid dienone is 2. The van der Waals surface area contributed by atoms with Gasteiger partial charge >= 0.3 is 0 Å². The van der Waals surface area contributed by atoms with Crippen molar-refractivity contribution in [1.29, 1.82) is 0 Å². The van der Waals surface area contributed by atoms with Crippen LogP contribution in [0.15, 0.2) is 78.1 Å². The molecule has 0 radical (unpaired) electrons. The molecular formula is C37H18F10N4O. The van der Waals surface area contributed by atoms with E-state index in [4.69, 9.17) is 0 Å². The predicted octanol–water partition coefficient (Wildman–Crippen LogP) is 7.53. The van der Waals surface area contributed by atoms with Gasteiger partial charge < -0.3 is 25.4 Å². The molecule has 2 aliphatic rings. The van der Waals surface area contributed by atoms with Gasteiger partial charge in [-0.15, -0.1) is 0 Å². The van der Waals surface area contributed by atoms with Crippen molar-refractivity contribution in [3.63, 3.8) is 0 Å². The molecule has 5 N–H and O–H groups in total. The third-order valence-electron chi connectivity index (χ3n) is 8.85. The van der Waals surface area contributed by atoms with Crippen LogP contribution in [0, 0.1) is 58.2 Å². The lowest BCUT2D eigenvalue weighted by Gasteiger charge is -2.17. The van der Waals surface area contributed by atoms with Crippen LogP contribution in [0.1, 0.15) is 34.5 Å². The van der Waals surface area contributed by atoms with Gasteiger partial charge in [0.05, 0.1) is 22.5 Å². The zero-order chi connectivity index (χ0) is 36.7. The molecule has 15 heteroatoms. The smallest absolute Gasteiger partial charge is 0.200 e.